The number of nitrogens with zero attached hydrogens (tertiary/aromatic N) is 1. The number of rotatable bonds is 0. The maximum Gasteiger partial charge on any atom is 0.141 e. The van der Waals surface area contributed by atoms with Crippen molar-refractivity contribution >= 4 is 0 Å². The molecule has 2 heterocycles. The second-order valence-electron chi connectivity index (χ2n) is 3.09. The quantitative estimate of drug-likeness (QED) is 0.560. The lowest BCUT2D eigenvalue weighted by Gasteiger charge is -2.01. The van der Waals surface area contributed by atoms with E-state index in [0.717, 1.165) is 23.4 Å². The van der Waals surface area contributed by atoms with E-state index in [4.69, 9.17) is 4.74 Å². The summed E-state index contributed by atoms with van der Waals surface area (Å²) in [5, 5.41) is 0. The third-order valence-corrected chi connectivity index (χ3v) is 1.88. The molecule has 1 aliphatic heterocycles. The average molecular weight is 149 g/mol. The summed E-state index contributed by atoms with van der Waals surface area (Å²) in [6.45, 7) is 4.09. The van der Waals surface area contributed by atoms with Crippen LogP contribution in [0.3, 0.4) is 0 Å². The van der Waals surface area contributed by atoms with Crippen molar-refractivity contribution in [3.63, 3.8) is 0 Å². The van der Waals surface area contributed by atoms with Gasteiger partial charge in [-0.05, 0) is 25.5 Å². The van der Waals surface area contributed by atoms with E-state index < -0.39 is 0 Å². The number of aromatic nitrogens is 1. The minimum Gasteiger partial charge on any atom is -0.488 e. The highest BCUT2D eigenvalue weighted by Crippen LogP contribution is 2.26. The molecule has 2 nitrogen and oxygen atoms in total. The fourth-order valence-electron chi connectivity index (χ4n) is 1.36. The van der Waals surface area contributed by atoms with Gasteiger partial charge in [-0.15, -0.1) is 0 Å². The Morgan fingerprint density at radius 1 is 1.64 bits per heavy atom. The number of pyridine rings is 1. The first kappa shape index (κ1) is 6.65. The molecule has 0 fully saturated rings. The van der Waals surface area contributed by atoms with E-state index in [-0.39, 0.29) is 0 Å². The smallest absolute Gasteiger partial charge is 0.141 e. The molecule has 2 heteroatoms. The Labute approximate surface area is 66.2 Å². The van der Waals surface area contributed by atoms with Crippen LogP contribution < -0.4 is 4.74 Å². The first-order chi connectivity index (χ1) is 5.25. The lowest BCUT2D eigenvalue weighted by molar-refractivity contribution is 0.254. The molecule has 1 aliphatic rings. The van der Waals surface area contributed by atoms with Gasteiger partial charge in [-0.1, -0.05) is 0 Å². The summed E-state index contributed by atoms with van der Waals surface area (Å²) in [6, 6.07) is 2.05. The van der Waals surface area contributed by atoms with E-state index in [1.54, 1.807) is 0 Å². The van der Waals surface area contributed by atoms with Gasteiger partial charge in [0.2, 0.25) is 0 Å². The van der Waals surface area contributed by atoms with Crippen LogP contribution in [-0.2, 0) is 6.42 Å². The van der Waals surface area contributed by atoms with Crippen molar-refractivity contribution in [3.8, 4) is 5.75 Å². The van der Waals surface area contributed by atoms with Gasteiger partial charge in [0.1, 0.15) is 11.9 Å². The standard InChI is InChI=1S/C9H11NO/c1-6-3-9-8(10-5-6)4-7(2)11-9/h3,5,7H,4H2,1-2H3. The molecule has 0 spiro atoms. The lowest BCUT2D eigenvalue weighted by atomic mass is 10.2. The van der Waals surface area contributed by atoms with E-state index in [1.807, 2.05) is 19.2 Å². The van der Waals surface area contributed by atoms with Crippen LogP contribution in [0.2, 0.25) is 0 Å². The van der Waals surface area contributed by atoms with E-state index >= 15 is 0 Å². The summed E-state index contributed by atoms with van der Waals surface area (Å²) in [5.74, 6) is 0.970. The Morgan fingerprint density at radius 2 is 2.45 bits per heavy atom. The Balaban J connectivity index is 2.43. The summed E-state index contributed by atoms with van der Waals surface area (Å²) >= 11 is 0. The van der Waals surface area contributed by atoms with Crippen molar-refractivity contribution < 1.29 is 4.74 Å². The minimum atomic E-state index is 0.305. The first-order valence-corrected chi connectivity index (χ1v) is 3.88. The normalized spacial score (nSPS) is 21.1. The second-order valence-corrected chi connectivity index (χ2v) is 3.09. The molecule has 58 valence electrons. The third kappa shape index (κ3) is 1.09. The Kier molecular flexibility index (Phi) is 1.34. The number of hydrogen-bond donors (Lipinski definition) is 0. The zero-order chi connectivity index (χ0) is 7.84. The highest BCUT2D eigenvalue weighted by Gasteiger charge is 2.19. The predicted octanol–water partition coefficient (Wildman–Crippen LogP) is 1.71. The van der Waals surface area contributed by atoms with E-state index in [0.29, 0.717) is 6.10 Å². The van der Waals surface area contributed by atoms with Gasteiger partial charge in [0.25, 0.3) is 0 Å². The number of ether oxygens (including phenoxy) is 1. The summed E-state index contributed by atoms with van der Waals surface area (Å²) in [5.41, 5.74) is 2.26. The molecule has 0 radical (unpaired) electrons. The van der Waals surface area contributed by atoms with Crippen LogP contribution in [0.25, 0.3) is 0 Å². The maximum absolute atomic E-state index is 5.53. The van der Waals surface area contributed by atoms with Crippen LogP contribution in [0.5, 0.6) is 5.75 Å². The Hall–Kier alpha value is -1.05. The molecule has 0 saturated heterocycles. The largest absolute Gasteiger partial charge is 0.488 e. The Morgan fingerprint density at radius 3 is 3.27 bits per heavy atom. The average Bonchev–Trinajstić information content (AvgIpc) is 2.27. The summed E-state index contributed by atoms with van der Waals surface area (Å²) in [7, 11) is 0. The van der Waals surface area contributed by atoms with Crippen LogP contribution in [0.15, 0.2) is 12.3 Å². The highest BCUT2D eigenvalue weighted by molar-refractivity contribution is 5.34. The van der Waals surface area contributed by atoms with Gasteiger partial charge in [-0.25, -0.2) is 0 Å². The zero-order valence-electron chi connectivity index (χ0n) is 6.79. The molecule has 0 aliphatic carbocycles. The van der Waals surface area contributed by atoms with Gasteiger partial charge in [-0.2, -0.15) is 0 Å². The molecule has 0 saturated carbocycles. The highest BCUT2D eigenvalue weighted by atomic mass is 16.5. The topological polar surface area (TPSA) is 22.1 Å². The number of aryl methyl sites for hydroxylation is 1. The fourth-order valence-corrected chi connectivity index (χ4v) is 1.36. The zero-order valence-corrected chi connectivity index (χ0v) is 6.79. The van der Waals surface area contributed by atoms with Crippen LogP contribution in [0.4, 0.5) is 0 Å². The molecular weight excluding hydrogens is 138 g/mol. The number of hydrogen-bond acceptors (Lipinski definition) is 2. The van der Waals surface area contributed by atoms with Crippen molar-refractivity contribution in [2.45, 2.75) is 26.4 Å². The van der Waals surface area contributed by atoms with Crippen LogP contribution in [0.1, 0.15) is 18.2 Å². The van der Waals surface area contributed by atoms with Gasteiger partial charge in [0, 0.05) is 12.6 Å². The SMILES string of the molecule is Cc1cnc2c(c1)OC(C)C2. The van der Waals surface area contributed by atoms with Crippen molar-refractivity contribution in [3.05, 3.63) is 23.5 Å². The molecule has 1 atom stereocenters. The summed E-state index contributed by atoms with van der Waals surface area (Å²) in [6.07, 6.45) is 3.15. The van der Waals surface area contributed by atoms with E-state index in [1.165, 1.54) is 0 Å². The van der Waals surface area contributed by atoms with Crippen molar-refractivity contribution in [1.29, 1.82) is 0 Å². The van der Waals surface area contributed by atoms with Crippen LogP contribution in [-0.4, -0.2) is 11.1 Å². The van der Waals surface area contributed by atoms with Crippen molar-refractivity contribution in [2.75, 3.05) is 0 Å². The molecule has 2 rings (SSSR count). The Bertz CT molecular complexity index is 283. The van der Waals surface area contributed by atoms with E-state index in [9.17, 15) is 0 Å². The van der Waals surface area contributed by atoms with E-state index in [2.05, 4.69) is 11.9 Å². The lowest BCUT2D eigenvalue weighted by Crippen LogP contribution is -2.05. The van der Waals surface area contributed by atoms with Gasteiger partial charge in [-0.3, -0.25) is 4.98 Å². The molecule has 0 amide bonds. The van der Waals surface area contributed by atoms with Gasteiger partial charge in [0.05, 0.1) is 5.69 Å². The first-order valence-electron chi connectivity index (χ1n) is 3.88. The van der Waals surface area contributed by atoms with Crippen molar-refractivity contribution in [1.82, 2.24) is 4.98 Å². The molecule has 1 unspecified atom stereocenters. The summed E-state index contributed by atoms with van der Waals surface area (Å²) in [4.78, 5) is 4.28. The van der Waals surface area contributed by atoms with Crippen molar-refractivity contribution in [2.24, 2.45) is 0 Å². The fraction of sp³-hybridized carbons (Fsp3) is 0.444. The molecule has 1 aromatic rings. The van der Waals surface area contributed by atoms with Gasteiger partial charge < -0.3 is 4.74 Å². The molecular formula is C9H11NO. The summed E-state index contributed by atoms with van der Waals surface area (Å²) < 4.78 is 5.53. The third-order valence-electron chi connectivity index (χ3n) is 1.88. The minimum absolute atomic E-state index is 0.305. The molecule has 1 aromatic heterocycles. The molecule has 11 heavy (non-hydrogen) atoms. The molecule has 0 bridgehead atoms. The van der Waals surface area contributed by atoms with Crippen LogP contribution >= 0.6 is 0 Å². The van der Waals surface area contributed by atoms with Gasteiger partial charge >= 0.3 is 0 Å². The predicted molar refractivity (Wildman–Crippen MR) is 42.8 cm³/mol. The number of fused-ring (bicyclic) bond motifs is 1. The van der Waals surface area contributed by atoms with Crippen LogP contribution in [0, 0.1) is 6.92 Å². The molecule has 0 aromatic carbocycles. The molecule has 0 N–H and O–H groups in total. The monoisotopic (exact) mass is 149 g/mol. The maximum atomic E-state index is 5.53. The van der Waals surface area contributed by atoms with Gasteiger partial charge in [0.15, 0.2) is 0 Å². The second kappa shape index (κ2) is 2.22.